The Labute approximate surface area is 63.1 Å². The molecule has 0 unspecified atom stereocenters. The average molecular weight is 143 g/mol. The van der Waals surface area contributed by atoms with E-state index in [1.165, 1.54) is 0 Å². The highest BCUT2D eigenvalue weighted by molar-refractivity contribution is 5.78. The Morgan fingerprint density at radius 3 is 2.60 bits per heavy atom. The third kappa shape index (κ3) is 4.32. The summed E-state index contributed by atoms with van der Waals surface area (Å²) in [6, 6.07) is 0. The van der Waals surface area contributed by atoms with Gasteiger partial charge in [0.2, 0.25) is 0 Å². The topological polar surface area (TPSA) is 27.6 Å². The minimum absolute atomic E-state index is 0.955. The van der Waals surface area contributed by atoms with Crippen LogP contribution in [0.1, 0.15) is 20.3 Å². The molecule has 0 bridgehead atoms. The summed E-state index contributed by atoms with van der Waals surface area (Å²) < 4.78 is 0. The molecule has 3 nitrogen and oxygen atoms in total. The third-order valence-electron chi connectivity index (χ3n) is 1.25. The lowest BCUT2D eigenvalue weighted by Crippen LogP contribution is -2.38. The van der Waals surface area contributed by atoms with Gasteiger partial charge in [-0.1, -0.05) is 6.92 Å². The van der Waals surface area contributed by atoms with Crippen molar-refractivity contribution in [1.29, 1.82) is 0 Å². The molecule has 10 heavy (non-hydrogen) atoms. The second-order valence-corrected chi connectivity index (χ2v) is 2.34. The summed E-state index contributed by atoms with van der Waals surface area (Å²) in [5.74, 6) is 0.955. The Bertz CT molecular complexity index is 109. The zero-order chi connectivity index (χ0) is 7.98. The molecule has 0 aliphatic rings. The fraction of sp³-hybridized carbons (Fsp3) is 0.857. The van der Waals surface area contributed by atoms with Gasteiger partial charge in [-0.15, -0.1) is 0 Å². The van der Waals surface area contributed by atoms with Gasteiger partial charge in [0.15, 0.2) is 0 Å². The molecule has 0 radical (unpaired) electrons. The molecule has 60 valence electrons. The Hall–Kier alpha value is -0.570. The van der Waals surface area contributed by atoms with Gasteiger partial charge >= 0.3 is 0 Å². The molecule has 3 heteroatoms. The number of hydrazine groups is 1. The van der Waals surface area contributed by atoms with Gasteiger partial charge in [0, 0.05) is 20.6 Å². The molecule has 0 aliphatic heterocycles. The fourth-order valence-electron chi connectivity index (χ4n) is 0.718. The first-order chi connectivity index (χ1) is 4.70. The summed E-state index contributed by atoms with van der Waals surface area (Å²) in [4.78, 5) is 3.97. The summed E-state index contributed by atoms with van der Waals surface area (Å²) in [6.07, 6.45) is 1.15. The number of nitrogens with one attached hydrogen (secondary N) is 1. The molecule has 0 aliphatic carbocycles. The smallest absolute Gasteiger partial charge is 0.107 e. The SMILES string of the molecule is CCCN(C)NC(C)=NC. The molecular weight excluding hydrogens is 126 g/mol. The van der Waals surface area contributed by atoms with E-state index in [0.29, 0.717) is 0 Å². The van der Waals surface area contributed by atoms with Crippen molar-refractivity contribution in [2.24, 2.45) is 4.99 Å². The largest absolute Gasteiger partial charge is 0.307 e. The van der Waals surface area contributed by atoms with Crippen LogP contribution in [0.5, 0.6) is 0 Å². The van der Waals surface area contributed by atoms with Crippen LogP contribution in [0.25, 0.3) is 0 Å². The lowest BCUT2D eigenvalue weighted by molar-refractivity contribution is 0.292. The first kappa shape index (κ1) is 9.43. The molecule has 0 heterocycles. The molecule has 0 saturated carbocycles. The van der Waals surface area contributed by atoms with Crippen molar-refractivity contribution < 1.29 is 0 Å². The van der Waals surface area contributed by atoms with Crippen LogP contribution in [0.15, 0.2) is 4.99 Å². The van der Waals surface area contributed by atoms with Crippen LogP contribution in [0.2, 0.25) is 0 Å². The van der Waals surface area contributed by atoms with E-state index in [1.807, 2.05) is 19.0 Å². The molecule has 0 rings (SSSR count). The molecule has 0 aromatic rings. The van der Waals surface area contributed by atoms with Gasteiger partial charge in [0.05, 0.1) is 0 Å². The highest BCUT2D eigenvalue weighted by Crippen LogP contribution is 1.80. The zero-order valence-corrected chi connectivity index (χ0v) is 7.31. The number of amidine groups is 1. The average Bonchev–Trinajstić information content (AvgIpc) is 1.88. The van der Waals surface area contributed by atoms with E-state index >= 15 is 0 Å². The van der Waals surface area contributed by atoms with Crippen LogP contribution >= 0.6 is 0 Å². The second kappa shape index (κ2) is 5.23. The first-order valence-electron chi connectivity index (χ1n) is 3.61. The lowest BCUT2D eigenvalue weighted by Gasteiger charge is -2.17. The molecule has 0 atom stereocenters. The standard InChI is InChI=1S/C7H17N3/c1-5-6-10(4)9-7(2)8-3/h5-6H2,1-4H3,(H,8,9). The maximum absolute atomic E-state index is 3.97. The minimum Gasteiger partial charge on any atom is -0.307 e. The van der Waals surface area contributed by atoms with Gasteiger partial charge in [-0.2, -0.15) is 0 Å². The van der Waals surface area contributed by atoms with E-state index in [1.54, 1.807) is 7.05 Å². The summed E-state index contributed by atoms with van der Waals surface area (Å²) in [5, 5.41) is 2.03. The normalized spacial score (nSPS) is 12.3. The minimum atomic E-state index is 0.955. The summed E-state index contributed by atoms with van der Waals surface area (Å²) in [5.41, 5.74) is 3.11. The number of aliphatic imine (C=N–C) groups is 1. The number of nitrogens with zero attached hydrogens (tertiary/aromatic N) is 2. The molecule has 0 saturated heterocycles. The molecule has 0 amide bonds. The predicted octanol–water partition coefficient (Wildman–Crippen LogP) is 0.881. The van der Waals surface area contributed by atoms with E-state index in [2.05, 4.69) is 17.3 Å². The van der Waals surface area contributed by atoms with Gasteiger partial charge in [0.1, 0.15) is 5.84 Å². The van der Waals surface area contributed by atoms with E-state index in [-0.39, 0.29) is 0 Å². The van der Waals surface area contributed by atoms with Gasteiger partial charge in [-0.3, -0.25) is 4.99 Å². The first-order valence-corrected chi connectivity index (χ1v) is 3.61. The van der Waals surface area contributed by atoms with Crippen molar-refractivity contribution in [2.75, 3.05) is 20.6 Å². The highest BCUT2D eigenvalue weighted by atomic mass is 15.5. The second-order valence-electron chi connectivity index (χ2n) is 2.34. The summed E-state index contributed by atoms with van der Waals surface area (Å²) in [6.45, 7) is 5.15. The van der Waals surface area contributed by atoms with Crippen molar-refractivity contribution in [3.63, 3.8) is 0 Å². The molecule has 0 spiro atoms. The van der Waals surface area contributed by atoms with Crippen molar-refractivity contribution in [1.82, 2.24) is 10.4 Å². The van der Waals surface area contributed by atoms with Gasteiger partial charge in [0.25, 0.3) is 0 Å². The highest BCUT2D eigenvalue weighted by Gasteiger charge is 1.93. The Morgan fingerprint density at radius 1 is 1.60 bits per heavy atom. The molecule has 0 aromatic carbocycles. The Kier molecular flexibility index (Phi) is 4.94. The van der Waals surface area contributed by atoms with Crippen molar-refractivity contribution in [3.8, 4) is 0 Å². The fourth-order valence-corrected chi connectivity index (χ4v) is 0.718. The van der Waals surface area contributed by atoms with Crippen LogP contribution < -0.4 is 5.43 Å². The van der Waals surface area contributed by atoms with Gasteiger partial charge in [-0.05, 0) is 13.3 Å². The van der Waals surface area contributed by atoms with Gasteiger partial charge < -0.3 is 5.43 Å². The van der Waals surface area contributed by atoms with Crippen LogP contribution in [0, 0.1) is 0 Å². The van der Waals surface area contributed by atoms with Crippen LogP contribution in [-0.4, -0.2) is 31.5 Å². The monoisotopic (exact) mass is 143 g/mol. The Morgan fingerprint density at radius 2 is 2.20 bits per heavy atom. The number of rotatable bonds is 3. The van der Waals surface area contributed by atoms with Gasteiger partial charge in [-0.25, -0.2) is 5.01 Å². The van der Waals surface area contributed by atoms with Crippen LogP contribution in [0.3, 0.4) is 0 Å². The lowest BCUT2D eigenvalue weighted by atomic mass is 10.5. The number of hydrogen-bond donors (Lipinski definition) is 1. The van der Waals surface area contributed by atoms with Crippen LogP contribution in [0.4, 0.5) is 0 Å². The molecule has 0 fully saturated rings. The maximum Gasteiger partial charge on any atom is 0.107 e. The van der Waals surface area contributed by atoms with Crippen molar-refractivity contribution >= 4 is 5.84 Å². The van der Waals surface area contributed by atoms with Crippen molar-refractivity contribution in [3.05, 3.63) is 0 Å². The molecular formula is C7H17N3. The van der Waals surface area contributed by atoms with E-state index < -0.39 is 0 Å². The molecule has 1 N–H and O–H groups in total. The summed E-state index contributed by atoms with van der Waals surface area (Å²) in [7, 11) is 3.79. The number of hydrogen-bond acceptors (Lipinski definition) is 2. The van der Waals surface area contributed by atoms with Crippen molar-refractivity contribution in [2.45, 2.75) is 20.3 Å². The maximum atomic E-state index is 3.97. The quantitative estimate of drug-likeness (QED) is 0.361. The van der Waals surface area contributed by atoms with Crippen LogP contribution in [-0.2, 0) is 0 Å². The predicted molar refractivity (Wildman–Crippen MR) is 45.1 cm³/mol. The van der Waals surface area contributed by atoms with E-state index in [0.717, 1.165) is 18.8 Å². The van der Waals surface area contributed by atoms with E-state index in [9.17, 15) is 0 Å². The van der Waals surface area contributed by atoms with E-state index in [4.69, 9.17) is 0 Å². The third-order valence-corrected chi connectivity index (χ3v) is 1.25. The molecule has 0 aromatic heterocycles. The Balaban J connectivity index is 3.47. The summed E-state index contributed by atoms with van der Waals surface area (Å²) >= 11 is 0. The zero-order valence-electron chi connectivity index (χ0n) is 7.31.